The van der Waals surface area contributed by atoms with Crippen LogP contribution >= 0.6 is 0 Å². The van der Waals surface area contributed by atoms with Crippen molar-refractivity contribution in [3.63, 3.8) is 0 Å². The van der Waals surface area contributed by atoms with Gasteiger partial charge < -0.3 is 14.8 Å². The van der Waals surface area contributed by atoms with Gasteiger partial charge >= 0.3 is 0 Å². The lowest BCUT2D eigenvalue weighted by molar-refractivity contribution is -0.139. The Morgan fingerprint density at radius 3 is 2.43 bits per heavy atom. The molecule has 1 aliphatic carbocycles. The molecule has 6 heteroatoms. The van der Waals surface area contributed by atoms with Gasteiger partial charge in [-0.15, -0.1) is 0 Å². The van der Waals surface area contributed by atoms with Crippen LogP contribution in [0.4, 0.5) is 0 Å². The van der Waals surface area contributed by atoms with Crippen LogP contribution in [0.5, 0.6) is 11.5 Å². The summed E-state index contributed by atoms with van der Waals surface area (Å²) in [5.41, 5.74) is 3.38. The molecule has 1 N–H and O–H groups in total. The predicted molar refractivity (Wildman–Crippen MR) is 140 cm³/mol. The summed E-state index contributed by atoms with van der Waals surface area (Å²) in [6.07, 6.45) is 8.63. The molecule has 1 aliphatic heterocycles. The second kappa shape index (κ2) is 12.7. The SMILES string of the molecule is COc1ccc(C2=NN(CCCCCCNCc3ccccc3)C(=O)[C@@H]3CCCC[C@H]23)cc1OC. The molecule has 0 spiro atoms. The third-order valence-electron chi connectivity index (χ3n) is 7.24. The first kappa shape index (κ1) is 25.2. The Morgan fingerprint density at radius 2 is 1.66 bits per heavy atom. The van der Waals surface area contributed by atoms with Gasteiger partial charge in [0.1, 0.15) is 0 Å². The second-order valence-corrected chi connectivity index (χ2v) is 9.59. The van der Waals surface area contributed by atoms with Crippen molar-refractivity contribution in [2.24, 2.45) is 16.9 Å². The van der Waals surface area contributed by atoms with Crippen molar-refractivity contribution in [1.82, 2.24) is 10.3 Å². The van der Waals surface area contributed by atoms with Gasteiger partial charge in [0.05, 0.1) is 19.9 Å². The number of carbonyl (C=O) groups is 1. The number of hydrazone groups is 1. The lowest BCUT2D eigenvalue weighted by Gasteiger charge is -2.38. The molecule has 0 bridgehead atoms. The van der Waals surface area contributed by atoms with E-state index in [1.165, 1.54) is 5.56 Å². The summed E-state index contributed by atoms with van der Waals surface area (Å²) in [6.45, 7) is 2.62. The number of benzene rings is 2. The Balaban J connectivity index is 1.32. The van der Waals surface area contributed by atoms with Gasteiger partial charge in [-0.2, -0.15) is 5.10 Å². The van der Waals surface area contributed by atoms with Gasteiger partial charge in [-0.05, 0) is 56.0 Å². The monoisotopic (exact) mass is 477 g/mol. The Hall–Kier alpha value is -2.86. The van der Waals surface area contributed by atoms with E-state index in [0.717, 1.165) is 75.7 Å². The molecule has 0 saturated heterocycles. The van der Waals surface area contributed by atoms with Crippen LogP contribution in [0.1, 0.15) is 62.5 Å². The minimum absolute atomic E-state index is 0.0477. The predicted octanol–water partition coefficient (Wildman–Crippen LogP) is 5.41. The van der Waals surface area contributed by atoms with Gasteiger partial charge in [0.15, 0.2) is 11.5 Å². The Morgan fingerprint density at radius 1 is 0.914 bits per heavy atom. The van der Waals surface area contributed by atoms with Gasteiger partial charge in [-0.25, -0.2) is 5.01 Å². The number of hydrogen-bond acceptors (Lipinski definition) is 5. The number of carbonyl (C=O) groups excluding carboxylic acids is 1. The van der Waals surface area contributed by atoms with Crippen molar-refractivity contribution < 1.29 is 14.3 Å². The molecular formula is C29H39N3O3. The largest absolute Gasteiger partial charge is 0.493 e. The molecule has 0 radical (unpaired) electrons. The molecule has 2 aromatic rings. The molecule has 1 fully saturated rings. The summed E-state index contributed by atoms with van der Waals surface area (Å²) in [7, 11) is 3.30. The van der Waals surface area contributed by atoms with Crippen molar-refractivity contribution in [3.05, 3.63) is 59.7 Å². The van der Waals surface area contributed by atoms with Crippen LogP contribution in [0.2, 0.25) is 0 Å². The Kier molecular flexibility index (Phi) is 9.18. The van der Waals surface area contributed by atoms with Crippen LogP contribution in [0.3, 0.4) is 0 Å². The van der Waals surface area contributed by atoms with Crippen molar-refractivity contribution in [2.45, 2.75) is 57.9 Å². The molecular weight excluding hydrogens is 438 g/mol. The average Bonchev–Trinajstić information content (AvgIpc) is 2.91. The van der Waals surface area contributed by atoms with E-state index in [2.05, 4.69) is 29.6 Å². The minimum Gasteiger partial charge on any atom is -0.493 e. The van der Waals surface area contributed by atoms with E-state index >= 15 is 0 Å². The zero-order valence-electron chi connectivity index (χ0n) is 21.2. The van der Waals surface area contributed by atoms with Crippen molar-refractivity contribution in [3.8, 4) is 11.5 Å². The zero-order valence-corrected chi connectivity index (χ0v) is 21.2. The molecule has 35 heavy (non-hydrogen) atoms. The van der Waals surface area contributed by atoms with Crippen LogP contribution < -0.4 is 14.8 Å². The van der Waals surface area contributed by atoms with Gasteiger partial charge in [-0.3, -0.25) is 4.79 Å². The Bertz CT molecular complexity index is 992. The van der Waals surface area contributed by atoms with Gasteiger partial charge in [0, 0.05) is 30.5 Å². The summed E-state index contributed by atoms with van der Waals surface area (Å²) in [5, 5.41) is 10.2. The van der Waals surface area contributed by atoms with E-state index in [9.17, 15) is 4.79 Å². The summed E-state index contributed by atoms with van der Waals surface area (Å²) < 4.78 is 10.9. The summed E-state index contributed by atoms with van der Waals surface area (Å²) >= 11 is 0. The minimum atomic E-state index is 0.0477. The number of nitrogens with one attached hydrogen (secondary N) is 1. The third-order valence-corrected chi connectivity index (χ3v) is 7.24. The number of methoxy groups -OCH3 is 2. The topological polar surface area (TPSA) is 63.2 Å². The number of rotatable bonds is 12. The first-order valence-electron chi connectivity index (χ1n) is 13.1. The van der Waals surface area contributed by atoms with E-state index in [4.69, 9.17) is 14.6 Å². The first-order valence-corrected chi connectivity index (χ1v) is 13.1. The summed E-state index contributed by atoms with van der Waals surface area (Å²) in [6, 6.07) is 16.5. The molecule has 0 aromatic heterocycles. The molecule has 4 rings (SSSR count). The number of ether oxygens (including phenoxy) is 2. The van der Waals surface area contributed by atoms with Crippen LogP contribution in [0.25, 0.3) is 0 Å². The number of hydrogen-bond donors (Lipinski definition) is 1. The van der Waals surface area contributed by atoms with Crippen molar-refractivity contribution >= 4 is 11.6 Å². The fourth-order valence-corrected chi connectivity index (χ4v) is 5.32. The van der Waals surface area contributed by atoms with E-state index < -0.39 is 0 Å². The lowest BCUT2D eigenvalue weighted by Crippen LogP contribution is -2.46. The molecule has 2 aliphatic rings. The number of amides is 1. The van der Waals surface area contributed by atoms with Crippen LogP contribution in [0, 0.1) is 11.8 Å². The lowest BCUT2D eigenvalue weighted by atomic mass is 9.73. The first-order chi connectivity index (χ1) is 17.2. The highest BCUT2D eigenvalue weighted by molar-refractivity contribution is 6.07. The number of nitrogens with zero attached hydrogens (tertiary/aromatic N) is 2. The van der Waals surface area contributed by atoms with Gasteiger partial charge in [0.25, 0.3) is 0 Å². The second-order valence-electron chi connectivity index (χ2n) is 9.59. The normalized spacial score (nSPS) is 19.8. The summed E-state index contributed by atoms with van der Waals surface area (Å²) in [4.78, 5) is 13.3. The van der Waals surface area contributed by atoms with E-state index in [0.29, 0.717) is 18.0 Å². The smallest absolute Gasteiger partial charge is 0.246 e. The van der Waals surface area contributed by atoms with Crippen LogP contribution in [-0.2, 0) is 11.3 Å². The molecule has 6 nitrogen and oxygen atoms in total. The quantitative estimate of drug-likeness (QED) is 0.416. The average molecular weight is 478 g/mol. The fraction of sp³-hybridized carbons (Fsp3) is 0.517. The molecule has 1 saturated carbocycles. The molecule has 1 amide bonds. The number of fused-ring (bicyclic) bond motifs is 1. The van der Waals surface area contributed by atoms with Crippen LogP contribution in [-0.4, -0.2) is 43.9 Å². The maximum Gasteiger partial charge on any atom is 0.246 e. The van der Waals surface area contributed by atoms with E-state index in [-0.39, 0.29) is 17.7 Å². The highest BCUT2D eigenvalue weighted by Crippen LogP contribution is 2.39. The molecule has 2 aromatic carbocycles. The maximum absolute atomic E-state index is 13.3. The molecule has 0 unspecified atom stereocenters. The Labute approximate surface area is 209 Å². The third kappa shape index (κ3) is 6.43. The van der Waals surface area contributed by atoms with Crippen LogP contribution in [0.15, 0.2) is 53.6 Å². The van der Waals surface area contributed by atoms with Crippen molar-refractivity contribution in [1.29, 1.82) is 0 Å². The standard InChI is InChI=1S/C29H39N3O3/c1-34-26-17-16-23(20-27(26)35-2)28-24-14-8-9-15-25(24)29(33)32(31-28)19-11-4-3-10-18-30-21-22-12-6-5-7-13-22/h5-7,12-13,16-17,20,24-25,30H,3-4,8-11,14-15,18-19,21H2,1-2H3/t24-,25+/m0/s1. The zero-order chi connectivity index (χ0) is 24.5. The van der Waals surface area contributed by atoms with Gasteiger partial charge in [0.2, 0.25) is 5.91 Å². The van der Waals surface area contributed by atoms with Gasteiger partial charge in [-0.1, -0.05) is 56.0 Å². The highest BCUT2D eigenvalue weighted by atomic mass is 16.5. The molecule has 2 atom stereocenters. The summed E-state index contributed by atoms with van der Waals surface area (Å²) in [5.74, 6) is 1.86. The van der Waals surface area contributed by atoms with Crippen molar-refractivity contribution in [2.75, 3.05) is 27.3 Å². The highest BCUT2D eigenvalue weighted by Gasteiger charge is 2.41. The molecule has 1 heterocycles. The van der Waals surface area contributed by atoms with E-state index in [1.54, 1.807) is 19.2 Å². The fourth-order valence-electron chi connectivity index (χ4n) is 5.32. The van der Waals surface area contributed by atoms with E-state index in [1.807, 2.05) is 24.3 Å². The maximum atomic E-state index is 13.3. The molecule has 188 valence electrons. The number of unbranched alkanes of at least 4 members (excludes halogenated alkanes) is 3.